The van der Waals surface area contributed by atoms with Crippen LogP contribution in [0.3, 0.4) is 0 Å². The highest BCUT2D eigenvalue weighted by atomic mass is 79.9. The van der Waals surface area contributed by atoms with Gasteiger partial charge in [-0.2, -0.15) is 0 Å². The summed E-state index contributed by atoms with van der Waals surface area (Å²) in [4.78, 5) is 32.0. The Morgan fingerprint density at radius 3 is 2.50 bits per heavy atom. The number of carboxylic acid groups (broad SMARTS) is 1. The largest absolute Gasteiger partial charge is 0.478 e. The number of halogens is 1. The van der Waals surface area contributed by atoms with Crippen molar-refractivity contribution >= 4 is 34.0 Å². The molecule has 1 aromatic rings. The van der Waals surface area contributed by atoms with Crippen LogP contribution in [0.5, 0.6) is 0 Å². The molecule has 0 heterocycles. The zero-order valence-corrected chi connectivity index (χ0v) is 10.0. The first-order valence-corrected chi connectivity index (χ1v) is 5.36. The molecule has 1 unspecified atom stereocenters. The topological polar surface area (TPSA) is 71.4 Å². The fourth-order valence-corrected chi connectivity index (χ4v) is 1.66. The second-order valence-corrected chi connectivity index (χ2v) is 4.16. The molecule has 0 aliphatic heterocycles. The van der Waals surface area contributed by atoms with E-state index in [2.05, 4.69) is 15.9 Å². The molecule has 0 aromatic heterocycles. The summed E-state index contributed by atoms with van der Waals surface area (Å²) in [6.07, 6.45) is 0.606. The molecular formula is C11H9BrO4. The molecule has 0 radical (unpaired) electrons. The third-order valence-corrected chi connectivity index (χ3v) is 3.21. The third kappa shape index (κ3) is 2.55. The van der Waals surface area contributed by atoms with Crippen molar-refractivity contribution in [3.8, 4) is 0 Å². The van der Waals surface area contributed by atoms with Crippen molar-refractivity contribution in [2.45, 2.75) is 11.8 Å². The molecule has 0 bridgehead atoms. The standard InChI is InChI=1S/C11H9BrO4/c1-6(14)10(12)9-4-7(5-13)2-3-8(9)11(15)16/h2-5,10H,1H3,(H,15,16). The Morgan fingerprint density at radius 2 is 2.06 bits per heavy atom. The Morgan fingerprint density at radius 1 is 1.44 bits per heavy atom. The van der Waals surface area contributed by atoms with Crippen LogP contribution in [0.2, 0.25) is 0 Å². The van der Waals surface area contributed by atoms with Gasteiger partial charge in [-0.25, -0.2) is 4.79 Å². The molecule has 0 aliphatic carbocycles. The van der Waals surface area contributed by atoms with Crippen LogP contribution in [0.25, 0.3) is 0 Å². The van der Waals surface area contributed by atoms with E-state index >= 15 is 0 Å². The summed E-state index contributed by atoms with van der Waals surface area (Å²) >= 11 is 3.10. The van der Waals surface area contributed by atoms with Gasteiger partial charge in [0.15, 0.2) is 0 Å². The molecule has 1 atom stereocenters. The molecule has 1 aromatic carbocycles. The average molecular weight is 285 g/mol. The van der Waals surface area contributed by atoms with Crippen LogP contribution in [0.4, 0.5) is 0 Å². The highest BCUT2D eigenvalue weighted by Gasteiger charge is 2.20. The Bertz CT molecular complexity index is 453. The minimum absolute atomic E-state index is 0.0164. The monoisotopic (exact) mass is 284 g/mol. The Kier molecular flexibility index (Phi) is 3.95. The van der Waals surface area contributed by atoms with E-state index < -0.39 is 10.8 Å². The van der Waals surface area contributed by atoms with E-state index in [0.29, 0.717) is 17.4 Å². The van der Waals surface area contributed by atoms with Crippen molar-refractivity contribution in [2.24, 2.45) is 0 Å². The van der Waals surface area contributed by atoms with Crippen molar-refractivity contribution in [1.82, 2.24) is 0 Å². The van der Waals surface area contributed by atoms with Crippen LogP contribution in [-0.4, -0.2) is 23.1 Å². The SMILES string of the molecule is CC(=O)C(Br)c1cc(C=O)ccc1C(=O)O. The van der Waals surface area contributed by atoms with Gasteiger partial charge < -0.3 is 5.11 Å². The smallest absolute Gasteiger partial charge is 0.336 e. The number of alkyl halides is 1. The lowest BCUT2D eigenvalue weighted by molar-refractivity contribution is -0.116. The molecule has 84 valence electrons. The second kappa shape index (κ2) is 5.03. The Balaban J connectivity index is 3.36. The summed E-state index contributed by atoms with van der Waals surface area (Å²) in [6.45, 7) is 1.35. The van der Waals surface area contributed by atoms with Gasteiger partial charge in [-0.3, -0.25) is 9.59 Å². The third-order valence-electron chi connectivity index (χ3n) is 2.07. The van der Waals surface area contributed by atoms with Crippen molar-refractivity contribution < 1.29 is 19.5 Å². The van der Waals surface area contributed by atoms with E-state index in [9.17, 15) is 14.4 Å². The average Bonchev–Trinajstić information content (AvgIpc) is 2.26. The maximum Gasteiger partial charge on any atom is 0.336 e. The summed E-state index contributed by atoms with van der Waals surface area (Å²) in [5.74, 6) is -1.34. The predicted octanol–water partition coefficient (Wildman–Crippen LogP) is 2.22. The minimum atomic E-state index is -1.13. The molecule has 0 saturated carbocycles. The highest BCUT2D eigenvalue weighted by Crippen LogP contribution is 2.27. The summed E-state index contributed by atoms with van der Waals surface area (Å²) in [7, 11) is 0. The summed E-state index contributed by atoms with van der Waals surface area (Å²) in [5.41, 5.74) is 0.651. The van der Waals surface area contributed by atoms with E-state index in [0.717, 1.165) is 0 Å². The van der Waals surface area contributed by atoms with Gasteiger partial charge in [0.05, 0.1) is 10.4 Å². The van der Waals surface area contributed by atoms with E-state index in [1.807, 2.05) is 0 Å². The summed E-state index contributed by atoms with van der Waals surface area (Å²) < 4.78 is 0. The van der Waals surface area contributed by atoms with Gasteiger partial charge in [-0.05, 0) is 24.6 Å². The van der Waals surface area contributed by atoms with Crippen molar-refractivity contribution in [2.75, 3.05) is 0 Å². The number of carboxylic acids is 1. The maximum absolute atomic E-state index is 11.2. The normalized spacial score (nSPS) is 11.9. The lowest BCUT2D eigenvalue weighted by atomic mass is 10.00. The van der Waals surface area contributed by atoms with Crippen LogP contribution < -0.4 is 0 Å². The fraction of sp³-hybridized carbons (Fsp3) is 0.182. The molecule has 4 nitrogen and oxygen atoms in total. The number of hydrogen-bond acceptors (Lipinski definition) is 3. The van der Waals surface area contributed by atoms with Crippen LogP contribution in [0, 0.1) is 0 Å². The summed E-state index contributed by atoms with van der Waals surface area (Å²) in [5, 5.41) is 8.94. The van der Waals surface area contributed by atoms with Gasteiger partial charge in [0.25, 0.3) is 0 Å². The van der Waals surface area contributed by atoms with Crippen LogP contribution in [-0.2, 0) is 4.79 Å². The van der Waals surface area contributed by atoms with E-state index in [1.165, 1.54) is 25.1 Å². The molecule has 1 rings (SSSR count). The minimum Gasteiger partial charge on any atom is -0.478 e. The lowest BCUT2D eigenvalue weighted by Crippen LogP contribution is -2.09. The van der Waals surface area contributed by atoms with Crippen LogP contribution in [0.15, 0.2) is 18.2 Å². The van der Waals surface area contributed by atoms with Gasteiger partial charge in [-0.15, -0.1) is 0 Å². The van der Waals surface area contributed by atoms with E-state index in [4.69, 9.17) is 5.11 Å². The first-order valence-electron chi connectivity index (χ1n) is 4.44. The quantitative estimate of drug-likeness (QED) is 0.680. The van der Waals surface area contributed by atoms with Crippen LogP contribution >= 0.6 is 15.9 Å². The molecule has 0 amide bonds. The number of rotatable bonds is 4. The van der Waals surface area contributed by atoms with Gasteiger partial charge >= 0.3 is 5.97 Å². The molecule has 16 heavy (non-hydrogen) atoms. The fourth-order valence-electron chi connectivity index (χ4n) is 1.28. The number of aromatic carboxylic acids is 1. The lowest BCUT2D eigenvalue weighted by Gasteiger charge is -2.10. The number of carbonyl (C=O) groups is 3. The van der Waals surface area contributed by atoms with Crippen molar-refractivity contribution in [3.63, 3.8) is 0 Å². The maximum atomic E-state index is 11.2. The molecule has 5 heteroatoms. The van der Waals surface area contributed by atoms with Gasteiger partial charge in [0, 0.05) is 5.56 Å². The number of aldehydes is 1. The predicted molar refractivity (Wildman–Crippen MR) is 61.1 cm³/mol. The van der Waals surface area contributed by atoms with E-state index in [-0.39, 0.29) is 11.3 Å². The number of hydrogen-bond donors (Lipinski definition) is 1. The first kappa shape index (κ1) is 12.6. The van der Waals surface area contributed by atoms with Crippen molar-refractivity contribution in [1.29, 1.82) is 0 Å². The first-order chi connectivity index (χ1) is 7.47. The molecular weight excluding hydrogens is 276 g/mol. The molecule has 0 saturated heterocycles. The van der Waals surface area contributed by atoms with Gasteiger partial charge in [-0.1, -0.05) is 22.0 Å². The van der Waals surface area contributed by atoms with Gasteiger partial charge in [0.1, 0.15) is 12.1 Å². The highest BCUT2D eigenvalue weighted by molar-refractivity contribution is 9.09. The number of Topliss-reactive ketones (excluding diaryl/α,β-unsaturated/α-hetero) is 1. The number of ketones is 1. The van der Waals surface area contributed by atoms with Crippen molar-refractivity contribution in [3.05, 3.63) is 34.9 Å². The zero-order chi connectivity index (χ0) is 12.3. The second-order valence-electron chi connectivity index (χ2n) is 3.24. The number of benzene rings is 1. The van der Waals surface area contributed by atoms with E-state index in [1.54, 1.807) is 0 Å². The zero-order valence-electron chi connectivity index (χ0n) is 8.44. The van der Waals surface area contributed by atoms with Crippen LogP contribution in [0.1, 0.15) is 38.0 Å². The number of carbonyl (C=O) groups excluding carboxylic acids is 2. The van der Waals surface area contributed by atoms with Gasteiger partial charge in [0.2, 0.25) is 0 Å². The molecule has 0 fully saturated rings. The molecule has 0 aliphatic rings. The molecule has 0 spiro atoms. The Hall–Kier alpha value is -1.49. The molecule has 1 N–H and O–H groups in total. The summed E-state index contributed by atoms with van der Waals surface area (Å²) in [6, 6.07) is 4.12. The Labute approximate surface area is 100 Å².